The number of benzene rings is 1. The van der Waals surface area contributed by atoms with E-state index in [-0.39, 0.29) is 11.9 Å². The third kappa shape index (κ3) is 4.55. The molecule has 1 aromatic carbocycles. The van der Waals surface area contributed by atoms with Crippen LogP contribution >= 0.6 is 27.5 Å². The summed E-state index contributed by atoms with van der Waals surface area (Å²) in [5.41, 5.74) is 1.84. The molecule has 3 N–H and O–H groups in total. The zero-order valence-electron chi connectivity index (χ0n) is 16.0. The molecule has 7 nitrogen and oxygen atoms in total. The van der Waals surface area contributed by atoms with Gasteiger partial charge in [-0.1, -0.05) is 17.7 Å². The highest BCUT2D eigenvalue weighted by molar-refractivity contribution is 9.10. The summed E-state index contributed by atoms with van der Waals surface area (Å²) < 4.78 is 2.51. The van der Waals surface area contributed by atoms with Crippen molar-refractivity contribution >= 4 is 44.9 Å². The molecule has 4 rings (SSSR count). The summed E-state index contributed by atoms with van der Waals surface area (Å²) in [7, 11) is 0. The van der Waals surface area contributed by atoms with E-state index in [9.17, 15) is 9.90 Å². The van der Waals surface area contributed by atoms with E-state index in [0.29, 0.717) is 33.2 Å². The van der Waals surface area contributed by atoms with Gasteiger partial charge in [-0.2, -0.15) is 0 Å². The largest absolute Gasteiger partial charge is 0.389 e. The Balaban J connectivity index is 1.68. The molecule has 0 aliphatic heterocycles. The molecule has 1 aliphatic rings. The Labute approximate surface area is 181 Å². The van der Waals surface area contributed by atoms with Crippen LogP contribution in [0.25, 0.3) is 16.9 Å². The fourth-order valence-corrected chi connectivity index (χ4v) is 3.59. The molecule has 0 unspecified atom stereocenters. The Morgan fingerprint density at radius 3 is 2.83 bits per heavy atom. The Hall–Kier alpha value is -2.16. The molecule has 2 heterocycles. The summed E-state index contributed by atoms with van der Waals surface area (Å²) >= 11 is 9.83. The van der Waals surface area contributed by atoms with Crippen LogP contribution < -0.4 is 10.6 Å². The lowest BCUT2D eigenvalue weighted by molar-refractivity contribution is 0.0939. The van der Waals surface area contributed by atoms with Crippen LogP contribution in [-0.4, -0.2) is 43.6 Å². The summed E-state index contributed by atoms with van der Waals surface area (Å²) in [6.07, 6.45) is 5.59. The number of aliphatic hydroxyl groups is 1. The van der Waals surface area contributed by atoms with Gasteiger partial charge in [0.15, 0.2) is 11.5 Å². The molecule has 0 spiro atoms. The number of nitrogens with one attached hydrogen (secondary N) is 2. The summed E-state index contributed by atoms with van der Waals surface area (Å²) in [4.78, 5) is 21.2. The van der Waals surface area contributed by atoms with Crippen molar-refractivity contribution in [3.8, 4) is 11.3 Å². The second-order valence-electron chi connectivity index (χ2n) is 7.86. The van der Waals surface area contributed by atoms with Crippen LogP contribution in [0.1, 0.15) is 37.0 Å². The van der Waals surface area contributed by atoms with E-state index in [1.54, 1.807) is 32.2 Å². The van der Waals surface area contributed by atoms with Crippen molar-refractivity contribution in [2.24, 2.45) is 0 Å². The molecule has 152 valence electrons. The topological polar surface area (TPSA) is 91.5 Å². The maximum atomic E-state index is 12.3. The molecule has 3 aromatic rings. The van der Waals surface area contributed by atoms with Gasteiger partial charge in [0.05, 0.1) is 28.1 Å². The number of halogens is 2. The number of aromatic nitrogens is 3. The lowest BCUT2D eigenvalue weighted by atomic mass is 10.1. The van der Waals surface area contributed by atoms with Crippen LogP contribution in [0, 0.1) is 0 Å². The smallest absolute Gasteiger partial charge is 0.253 e. The van der Waals surface area contributed by atoms with Gasteiger partial charge in [0.2, 0.25) is 0 Å². The zero-order chi connectivity index (χ0) is 20.8. The van der Waals surface area contributed by atoms with Gasteiger partial charge < -0.3 is 15.7 Å². The molecule has 1 fully saturated rings. The quantitative estimate of drug-likeness (QED) is 0.500. The Kier molecular flexibility index (Phi) is 5.27. The molecule has 2 aromatic heterocycles. The van der Waals surface area contributed by atoms with Crippen LogP contribution in [0.5, 0.6) is 0 Å². The summed E-state index contributed by atoms with van der Waals surface area (Å²) in [5, 5.41) is 16.5. The lowest BCUT2D eigenvalue weighted by Gasteiger charge is -2.18. The number of rotatable bonds is 6. The highest BCUT2D eigenvalue weighted by Gasteiger charge is 2.25. The maximum absolute atomic E-state index is 12.3. The molecule has 0 atom stereocenters. The first-order valence-electron chi connectivity index (χ1n) is 9.32. The van der Waals surface area contributed by atoms with E-state index in [1.807, 2.05) is 16.7 Å². The van der Waals surface area contributed by atoms with Gasteiger partial charge in [-0.25, -0.2) is 9.97 Å². The van der Waals surface area contributed by atoms with Crippen LogP contribution in [0.2, 0.25) is 5.02 Å². The Bertz CT molecular complexity index is 1090. The first-order chi connectivity index (χ1) is 13.7. The number of carbonyl (C=O) groups is 1. The van der Waals surface area contributed by atoms with Crippen molar-refractivity contribution in [2.45, 2.75) is 38.3 Å². The van der Waals surface area contributed by atoms with E-state index in [1.165, 1.54) is 0 Å². The first kappa shape index (κ1) is 20.1. The molecule has 0 radical (unpaired) electrons. The minimum Gasteiger partial charge on any atom is -0.389 e. The van der Waals surface area contributed by atoms with Crippen molar-refractivity contribution in [3.05, 3.63) is 45.8 Å². The molecule has 1 amide bonds. The number of carbonyl (C=O) groups excluding carboxylic acids is 1. The van der Waals surface area contributed by atoms with Crippen molar-refractivity contribution in [2.75, 3.05) is 11.9 Å². The second-order valence-corrected chi connectivity index (χ2v) is 9.08. The van der Waals surface area contributed by atoms with Gasteiger partial charge in [-0.3, -0.25) is 9.20 Å². The number of imidazole rings is 1. The van der Waals surface area contributed by atoms with Crippen molar-refractivity contribution < 1.29 is 9.90 Å². The lowest BCUT2D eigenvalue weighted by Crippen LogP contribution is -2.29. The van der Waals surface area contributed by atoms with E-state index in [4.69, 9.17) is 11.6 Å². The molecular weight excluding hydrogens is 458 g/mol. The first-order valence-corrected chi connectivity index (χ1v) is 10.5. The second kappa shape index (κ2) is 7.59. The molecule has 0 bridgehead atoms. The van der Waals surface area contributed by atoms with Crippen LogP contribution in [0.4, 0.5) is 5.82 Å². The predicted octanol–water partition coefficient (Wildman–Crippen LogP) is 3.89. The van der Waals surface area contributed by atoms with Gasteiger partial charge in [0, 0.05) is 24.3 Å². The summed E-state index contributed by atoms with van der Waals surface area (Å²) in [5.74, 6) is 0.409. The summed E-state index contributed by atoms with van der Waals surface area (Å²) in [6, 6.07) is 5.63. The Morgan fingerprint density at radius 1 is 1.41 bits per heavy atom. The third-order valence-corrected chi connectivity index (χ3v) is 5.27. The van der Waals surface area contributed by atoms with Crippen molar-refractivity contribution in [1.82, 2.24) is 19.7 Å². The Morgan fingerprint density at radius 2 is 2.17 bits per heavy atom. The fourth-order valence-electron chi connectivity index (χ4n) is 2.94. The normalized spacial score (nSPS) is 14.2. The van der Waals surface area contributed by atoms with E-state index < -0.39 is 5.60 Å². The van der Waals surface area contributed by atoms with E-state index in [2.05, 4.69) is 36.5 Å². The number of fused-ring (bicyclic) bond motifs is 1. The predicted molar refractivity (Wildman–Crippen MR) is 116 cm³/mol. The highest BCUT2D eigenvalue weighted by atomic mass is 79.9. The molecule has 9 heteroatoms. The summed E-state index contributed by atoms with van der Waals surface area (Å²) in [6.45, 7) is 3.76. The van der Waals surface area contributed by atoms with Gasteiger partial charge in [0.25, 0.3) is 5.91 Å². The molecule has 1 aliphatic carbocycles. The standard InChI is InChI=1S/C20H21BrClN5O2/c1-20(2,29)10-24-17-18-23-8-15(27(18)9-16(21)26-17)11-3-6-13(14(22)7-11)19(28)25-12-4-5-12/h3,6-9,12,29H,4-5,10H2,1-2H3,(H,24,26)(H,25,28). The third-order valence-electron chi connectivity index (χ3n) is 4.57. The van der Waals surface area contributed by atoms with E-state index >= 15 is 0 Å². The molecule has 1 saturated carbocycles. The SMILES string of the molecule is CC(C)(O)CNc1nc(Br)cn2c(-c3ccc(C(=O)NC4CC4)c(Cl)c3)cnc12. The molecular formula is C20H21BrClN5O2. The molecule has 29 heavy (non-hydrogen) atoms. The van der Waals surface area contributed by atoms with Crippen LogP contribution in [0.15, 0.2) is 35.2 Å². The van der Waals surface area contributed by atoms with Crippen LogP contribution in [0.3, 0.4) is 0 Å². The van der Waals surface area contributed by atoms with Gasteiger partial charge in [-0.05, 0) is 54.8 Å². The average molecular weight is 479 g/mol. The minimum atomic E-state index is -0.888. The van der Waals surface area contributed by atoms with Gasteiger partial charge in [-0.15, -0.1) is 0 Å². The number of amides is 1. The number of anilines is 1. The average Bonchev–Trinajstić information content (AvgIpc) is 3.35. The van der Waals surface area contributed by atoms with Gasteiger partial charge >= 0.3 is 0 Å². The van der Waals surface area contributed by atoms with Crippen molar-refractivity contribution in [1.29, 1.82) is 0 Å². The number of hydrogen-bond acceptors (Lipinski definition) is 5. The minimum absolute atomic E-state index is 0.146. The van der Waals surface area contributed by atoms with E-state index in [0.717, 1.165) is 24.1 Å². The van der Waals surface area contributed by atoms with Crippen LogP contribution in [-0.2, 0) is 0 Å². The number of hydrogen-bond donors (Lipinski definition) is 3. The highest BCUT2D eigenvalue weighted by Crippen LogP contribution is 2.29. The molecule has 0 saturated heterocycles. The fraction of sp³-hybridized carbons (Fsp3) is 0.350. The maximum Gasteiger partial charge on any atom is 0.253 e. The zero-order valence-corrected chi connectivity index (χ0v) is 18.4. The number of nitrogens with zero attached hydrogens (tertiary/aromatic N) is 3. The van der Waals surface area contributed by atoms with Gasteiger partial charge in [0.1, 0.15) is 4.60 Å². The monoisotopic (exact) mass is 477 g/mol. The van der Waals surface area contributed by atoms with Crippen molar-refractivity contribution in [3.63, 3.8) is 0 Å².